The summed E-state index contributed by atoms with van der Waals surface area (Å²) in [5.74, 6) is 0. The topological polar surface area (TPSA) is 0 Å². The molecule has 0 saturated heterocycles. The number of hydrogen-bond donors (Lipinski definition) is 0. The van der Waals surface area contributed by atoms with Gasteiger partial charge in [0.2, 0.25) is 0 Å². The molecule has 0 aliphatic rings. The van der Waals surface area contributed by atoms with Gasteiger partial charge in [-0.05, 0) is 35.8 Å². The van der Waals surface area contributed by atoms with Crippen LogP contribution in [0.15, 0.2) is 24.3 Å². The molecule has 0 fully saturated rings. The van der Waals surface area contributed by atoms with Gasteiger partial charge in [0.15, 0.2) is 0 Å². The quantitative estimate of drug-likeness (QED) is 0.679. The van der Waals surface area contributed by atoms with E-state index in [1.165, 1.54) is 24.0 Å². The van der Waals surface area contributed by atoms with Crippen molar-refractivity contribution in [3.63, 3.8) is 0 Å². The molecule has 1 aromatic carbocycles. The van der Waals surface area contributed by atoms with Gasteiger partial charge < -0.3 is 0 Å². The van der Waals surface area contributed by atoms with Crippen LogP contribution >= 0.6 is 0 Å². The van der Waals surface area contributed by atoms with Crippen LogP contribution in [0.3, 0.4) is 0 Å². The zero-order valence-electron chi connectivity index (χ0n) is 10.3. The Bertz CT molecular complexity index is 274. The van der Waals surface area contributed by atoms with Gasteiger partial charge in [-0.3, -0.25) is 0 Å². The third kappa shape index (κ3) is 5.01. The lowest BCUT2D eigenvalue weighted by Crippen LogP contribution is -2.08. The van der Waals surface area contributed by atoms with E-state index in [2.05, 4.69) is 52.0 Å². The van der Waals surface area contributed by atoms with E-state index in [0.29, 0.717) is 5.41 Å². The Morgan fingerprint density at radius 1 is 1.00 bits per heavy atom. The maximum atomic E-state index is 3.87. The van der Waals surface area contributed by atoms with Crippen molar-refractivity contribution in [3.05, 3.63) is 42.3 Å². The highest BCUT2D eigenvalue weighted by molar-refractivity contribution is 5.23. The maximum Gasteiger partial charge on any atom is -0.0230 e. The first-order valence-electron chi connectivity index (χ1n) is 5.88. The fourth-order valence-corrected chi connectivity index (χ4v) is 1.77. The van der Waals surface area contributed by atoms with Gasteiger partial charge in [0.1, 0.15) is 0 Å². The van der Waals surface area contributed by atoms with Crippen molar-refractivity contribution >= 4 is 0 Å². The molecule has 0 unspecified atom stereocenters. The zero-order valence-corrected chi connectivity index (χ0v) is 10.3. The smallest absolute Gasteiger partial charge is 0.0230 e. The number of unbranched alkanes of at least 4 members (excludes halogenated alkanes) is 1. The van der Waals surface area contributed by atoms with Crippen LogP contribution in [0.5, 0.6) is 0 Å². The highest BCUT2D eigenvalue weighted by Crippen LogP contribution is 2.20. The lowest BCUT2D eigenvalue weighted by atomic mass is 9.88. The molecule has 83 valence electrons. The summed E-state index contributed by atoms with van der Waals surface area (Å²) in [7, 11) is 0. The second-order valence-corrected chi connectivity index (χ2v) is 5.51. The number of hydrogen-bond acceptors (Lipinski definition) is 0. The lowest BCUT2D eigenvalue weighted by Gasteiger charge is -2.18. The van der Waals surface area contributed by atoms with E-state index >= 15 is 0 Å². The first-order chi connectivity index (χ1) is 7.01. The van der Waals surface area contributed by atoms with E-state index in [1.54, 1.807) is 0 Å². The predicted molar refractivity (Wildman–Crippen MR) is 67.9 cm³/mol. The molecular formula is C15H23. The summed E-state index contributed by atoms with van der Waals surface area (Å²) >= 11 is 0. The van der Waals surface area contributed by atoms with Crippen molar-refractivity contribution in [2.24, 2.45) is 5.41 Å². The minimum atomic E-state index is 0.384. The monoisotopic (exact) mass is 203 g/mol. The molecule has 0 N–H and O–H groups in total. The average Bonchev–Trinajstić information content (AvgIpc) is 2.14. The Labute approximate surface area is 94.7 Å². The molecule has 0 aliphatic carbocycles. The molecule has 1 radical (unpaired) electrons. The van der Waals surface area contributed by atoms with Gasteiger partial charge in [-0.15, -0.1) is 0 Å². The zero-order chi connectivity index (χ0) is 11.3. The van der Waals surface area contributed by atoms with Crippen LogP contribution in [-0.2, 0) is 12.8 Å². The highest BCUT2D eigenvalue weighted by atomic mass is 14.2. The molecule has 0 heteroatoms. The second-order valence-electron chi connectivity index (χ2n) is 5.51. The fraction of sp³-hybridized carbons (Fsp3) is 0.533. The van der Waals surface area contributed by atoms with E-state index in [9.17, 15) is 0 Å². The Morgan fingerprint density at radius 2 is 1.53 bits per heavy atom. The Balaban J connectivity index is 2.56. The van der Waals surface area contributed by atoms with Crippen molar-refractivity contribution < 1.29 is 0 Å². The Kier molecular flexibility index (Phi) is 4.38. The molecule has 1 rings (SSSR count). The molecule has 1 aromatic rings. The van der Waals surface area contributed by atoms with Crippen LogP contribution in [0, 0.1) is 12.3 Å². The number of aryl methyl sites for hydroxylation is 1. The van der Waals surface area contributed by atoms with Crippen LogP contribution in [-0.4, -0.2) is 0 Å². The fourth-order valence-electron chi connectivity index (χ4n) is 1.77. The van der Waals surface area contributed by atoms with Crippen LogP contribution in [0.2, 0.25) is 0 Å². The predicted octanol–water partition coefficient (Wildman–Crippen LogP) is 4.43. The van der Waals surface area contributed by atoms with Crippen molar-refractivity contribution in [1.29, 1.82) is 0 Å². The van der Waals surface area contributed by atoms with Gasteiger partial charge >= 0.3 is 0 Å². The first kappa shape index (κ1) is 12.3. The molecule has 0 atom stereocenters. The normalized spacial score (nSPS) is 11.7. The van der Waals surface area contributed by atoms with Gasteiger partial charge in [0, 0.05) is 0 Å². The number of rotatable bonds is 4. The van der Waals surface area contributed by atoms with Crippen molar-refractivity contribution in [3.8, 4) is 0 Å². The summed E-state index contributed by atoms with van der Waals surface area (Å²) in [5.41, 5.74) is 3.27. The van der Waals surface area contributed by atoms with E-state index < -0.39 is 0 Å². The van der Waals surface area contributed by atoms with Gasteiger partial charge in [-0.25, -0.2) is 0 Å². The molecule has 0 amide bonds. The van der Waals surface area contributed by atoms with E-state index in [4.69, 9.17) is 0 Å². The summed E-state index contributed by atoms with van der Waals surface area (Å²) in [6.45, 7) is 10.7. The SMILES string of the molecule is [CH2]CCCc1ccc(CC(C)(C)C)cc1. The molecule has 15 heavy (non-hydrogen) atoms. The largest absolute Gasteiger partial charge is 0.0599 e. The van der Waals surface area contributed by atoms with Crippen LogP contribution in [0.1, 0.15) is 44.7 Å². The molecule has 0 saturated carbocycles. The molecule has 0 aromatic heterocycles. The summed E-state index contributed by atoms with van der Waals surface area (Å²) < 4.78 is 0. The van der Waals surface area contributed by atoms with E-state index in [0.717, 1.165) is 12.8 Å². The van der Waals surface area contributed by atoms with Gasteiger partial charge in [-0.2, -0.15) is 0 Å². The lowest BCUT2D eigenvalue weighted by molar-refractivity contribution is 0.411. The van der Waals surface area contributed by atoms with Crippen molar-refractivity contribution in [1.82, 2.24) is 0 Å². The minimum Gasteiger partial charge on any atom is -0.0599 e. The molecule has 0 nitrogen and oxygen atoms in total. The first-order valence-corrected chi connectivity index (χ1v) is 5.88. The van der Waals surface area contributed by atoms with Gasteiger partial charge in [0.05, 0.1) is 0 Å². The highest BCUT2D eigenvalue weighted by Gasteiger charge is 2.10. The van der Waals surface area contributed by atoms with Crippen molar-refractivity contribution in [2.45, 2.75) is 46.5 Å². The minimum absolute atomic E-state index is 0.384. The third-order valence-corrected chi connectivity index (χ3v) is 2.47. The standard InChI is InChI=1S/C15H23/c1-5-6-7-13-8-10-14(11-9-13)12-15(2,3)4/h8-11H,1,5-7,12H2,2-4H3. The van der Waals surface area contributed by atoms with Gasteiger partial charge in [0.25, 0.3) is 0 Å². The maximum absolute atomic E-state index is 3.87. The second kappa shape index (κ2) is 5.34. The molecule has 0 bridgehead atoms. The number of benzene rings is 1. The Hall–Kier alpha value is -0.780. The van der Waals surface area contributed by atoms with Crippen molar-refractivity contribution in [2.75, 3.05) is 0 Å². The molecule has 0 aliphatic heterocycles. The summed E-state index contributed by atoms with van der Waals surface area (Å²) in [5, 5.41) is 0. The summed E-state index contributed by atoms with van der Waals surface area (Å²) in [4.78, 5) is 0. The molecule has 0 spiro atoms. The van der Waals surface area contributed by atoms with E-state index in [1.807, 2.05) is 0 Å². The summed E-state index contributed by atoms with van der Waals surface area (Å²) in [6, 6.07) is 9.06. The molecule has 0 heterocycles. The van der Waals surface area contributed by atoms with Crippen LogP contribution in [0.4, 0.5) is 0 Å². The van der Waals surface area contributed by atoms with Crippen LogP contribution < -0.4 is 0 Å². The molecular weight excluding hydrogens is 180 g/mol. The van der Waals surface area contributed by atoms with Crippen LogP contribution in [0.25, 0.3) is 0 Å². The third-order valence-electron chi connectivity index (χ3n) is 2.47. The van der Waals surface area contributed by atoms with Gasteiger partial charge in [-0.1, -0.05) is 58.4 Å². The van der Waals surface area contributed by atoms with E-state index in [-0.39, 0.29) is 0 Å². The Morgan fingerprint density at radius 3 is 2.00 bits per heavy atom. The average molecular weight is 203 g/mol. The summed E-state index contributed by atoms with van der Waals surface area (Å²) in [6.07, 6.45) is 4.55.